The summed E-state index contributed by atoms with van der Waals surface area (Å²) in [6.45, 7) is 14.3. The Balaban J connectivity index is 0.750. The maximum absolute atomic E-state index is 15.2. The third-order valence-electron chi connectivity index (χ3n) is 14.4. The summed E-state index contributed by atoms with van der Waals surface area (Å²) in [4.78, 5) is 52.1. The van der Waals surface area contributed by atoms with Crippen LogP contribution in [0.1, 0.15) is 68.9 Å². The van der Waals surface area contributed by atoms with Crippen LogP contribution >= 0.6 is 23.1 Å². The molecule has 4 aliphatic heterocycles. The van der Waals surface area contributed by atoms with Crippen molar-refractivity contribution in [3.8, 4) is 5.75 Å². The van der Waals surface area contributed by atoms with E-state index in [4.69, 9.17) is 9.72 Å². The highest BCUT2D eigenvalue weighted by Crippen LogP contribution is 2.42. The Kier molecular flexibility index (Phi) is 14.8. The number of rotatable bonds is 14. The van der Waals surface area contributed by atoms with E-state index in [-0.39, 0.29) is 18.4 Å². The molecule has 3 N–H and O–H groups in total. The number of hydrogen-bond acceptors (Lipinski definition) is 14. The molecule has 0 spiro atoms. The van der Waals surface area contributed by atoms with Crippen molar-refractivity contribution in [2.45, 2.75) is 70.3 Å². The third-order valence-corrected chi connectivity index (χ3v) is 16.5. The molecule has 69 heavy (non-hydrogen) atoms. The van der Waals surface area contributed by atoms with Crippen molar-refractivity contribution >= 4 is 85.7 Å². The van der Waals surface area contributed by atoms with Gasteiger partial charge in [0, 0.05) is 100 Å². The minimum absolute atomic E-state index is 0.0702. The normalized spacial score (nSPS) is 19.3. The molecule has 1 unspecified atom stereocenters. The highest BCUT2D eigenvalue weighted by atomic mass is 79.9. The summed E-state index contributed by atoms with van der Waals surface area (Å²) in [7, 11) is -1.10. The van der Waals surface area contributed by atoms with Gasteiger partial charge in [-0.05, 0) is 123 Å². The standard InChI is InChI=1S/C50H61BrF2N11O4P/c1-5-32-25-40(58-50-56-29-36(51)48(60-50)57-41-30-55-39-7-6-15-54-46(39)47(41)69(3,4)67)43(68-2)28-42(32)64-19-13-33(14-20-64)63-23-21-61(22-24-63)16-10-31-11-17-62(18-12-31)34-26-37(52)45(38(53)27-34)35-8-9-44(65)59-49(35)66/h6-7,15,25-31,33,35H,5,8-14,16-24H2,1-4H3,(H,59,65,66)(H2,56,57,58,60). The molecule has 0 radical (unpaired) electrons. The minimum atomic E-state index is -2.78. The Bertz CT molecular complexity index is 2730. The molecular formula is C50H61BrF2N11O4P. The molecule has 9 rings (SSSR count). The molecule has 3 aromatic heterocycles. The molecular weight excluding hydrogens is 967 g/mol. The Labute approximate surface area is 410 Å². The monoisotopic (exact) mass is 1030 g/mol. The first-order chi connectivity index (χ1) is 33.3. The molecule has 366 valence electrons. The smallest absolute Gasteiger partial charge is 0.234 e. The lowest BCUT2D eigenvalue weighted by atomic mass is 9.89. The van der Waals surface area contributed by atoms with Crippen molar-refractivity contribution in [3.63, 3.8) is 0 Å². The van der Waals surface area contributed by atoms with Crippen LogP contribution in [0.4, 0.5) is 43.3 Å². The molecule has 4 fully saturated rings. The zero-order chi connectivity index (χ0) is 48.4. The Morgan fingerprint density at radius 2 is 1.59 bits per heavy atom. The van der Waals surface area contributed by atoms with E-state index in [1.165, 1.54) is 23.4 Å². The topological polar surface area (TPSA) is 161 Å². The number of ether oxygens (including phenoxy) is 1. The van der Waals surface area contributed by atoms with Gasteiger partial charge in [0.2, 0.25) is 17.8 Å². The predicted molar refractivity (Wildman–Crippen MR) is 272 cm³/mol. The predicted octanol–water partition coefficient (Wildman–Crippen LogP) is 8.18. The molecule has 0 bridgehead atoms. The van der Waals surface area contributed by atoms with Gasteiger partial charge in [0.15, 0.2) is 0 Å². The van der Waals surface area contributed by atoms with Gasteiger partial charge < -0.3 is 34.6 Å². The van der Waals surface area contributed by atoms with E-state index in [0.29, 0.717) is 61.7 Å². The van der Waals surface area contributed by atoms with Crippen LogP contribution in [0.5, 0.6) is 5.75 Å². The lowest BCUT2D eigenvalue weighted by Crippen LogP contribution is -2.53. The van der Waals surface area contributed by atoms with Crippen LogP contribution < -0.4 is 35.8 Å². The van der Waals surface area contributed by atoms with Crippen molar-refractivity contribution < 1.29 is 27.7 Å². The van der Waals surface area contributed by atoms with Crippen molar-refractivity contribution in [3.05, 3.63) is 82.2 Å². The van der Waals surface area contributed by atoms with E-state index < -0.39 is 36.5 Å². The number of pyridine rings is 2. The van der Waals surface area contributed by atoms with E-state index in [0.717, 1.165) is 103 Å². The summed E-state index contributed by atoms with van der Waals surface area (Å²) in [5.41, 5.74) is 5.25. The largest absolute Gasteiger partial charge is 0.494 e. The molecule has 4 aliphatic rings. The highest BCUT2D eigenvalue weighted by Gasteiger charge is 2.34. The number of imide groups is 1. The number of carbonyl (C=O) groups is 2. The average molecular weight is 1030 g/mol. The Hall–Kier alpha value is -5.29. The van der Waals surface area contributed by atoms with Gasteiger partial charge in [-0.2, -0.15) is 4.98 Å². The minimum Gasteiger partial charge on any atom is -0.494 e. The number of amides is 2. The van der Waals surface area contributed by atoms with Crippen LogP contribution in [0, 0.1) is 17.6 Å². The average Bonchev–Trinajstić information content (AvgIpc) is 3.34. The number of benzene rings is 2. The SMILES string of the molecule is CCc1cc(Nc2ncc(Br)c(Nc3cnc4cccnc4c3P(C)(C)=O)n2)c(OC)cc1N1CCC(N2CCN(CCC3CCN(c4cc(F)c(C5CCC(=O)NC5=O)c(F)c4)CC3)CC2)CC1. The van der Waals surface area contributed by atoms with Crippen LogP contribution in [0.3, 0.4) is 0 Å². The van der Waals surface area contributed by atoms with Gasteiger partial charge in [0.05, 0.1) is 45.9 Å². The summed E-state index contributed by atoms with van der Waals surface area (Å²) in [5.74, 6) is -1.39. The number of piperidine rings is 3. The lowest BCUT2D eigenvalue weighted by molar-refractivity contribution is -0.134. The summed E-state index contributed by atoms with van der Waals surface area (Å²) in [6, 6.07) is 11.2. The molecule has 15 nitrogen and oxygen atoms in total. The van der Waals surface area contributed by atoms with Crippen molar-refractivity contribution in [2.24, 2.45) is 5.92 Å². The van der Waals surface area contributed by atoms with Crippen LogP contribution in [0.15, 0.2) is 59.5 Å². The van der Waals surface area contributed by atoms with E-state index in [1.807, 2.05) is 17.0 Å². The van der Waals surface area contributed by atoms with Crippen molar-refractivity contribution in [1.82, 2.24) is 35.1 Å². The molecule has 4 saturated heterocycles. The van der Waals surface area contributed by atoms with Gasteiger partial charge in [0.25, 0.3) is 0 Å². The van der Waals surface area contributed by atoms with E-state index >= 15 is 8.78 Å². The number of aromatic nitrogens is 4. The zero-order valence-electron chi connectivity index (χ0n) is 39.7. The van der Waals surface area contributed by atoms with Crippen LogP contribution in [0.2, 0.25) is 0 Å². The maximum atomic E-state index is 15.2. The summed E-state index contributed by atoms with van der Waals surface area (Å²) in [6.07, 6.45) is 11.3. The molecule has 0 saturated carbocycles. The summed E-state index contributed by atoms with van der Waals surface area (Å²) >= 11 is 3.59. The maximum Gasteiger partial charge on any atom is 0.234 e. The lowest BCUT2D eigenvalue weighted by Gasteiger charge is -2.44. The zero-order valence-corrected chi connectivity index (χ0v) is 42.2. The summed E-state index contributed by atoms with van der Waals surface area (Å²) < 4.78 is 50.6. The highest BCUT2D eigenvalue weighted by molar-refractivity contribution is 9.10. The fourth-order valence-electron chi connectivity index (χ4n) is 10.6. The molecule has 19 heteroatoms. The van der Waals surface area contributed by atoms with Gasteiger partial charge >= 0.3 is 0 Å². The van der Waals surface area contributed by atoms with Crippen molar-refractivity contribution in [2.75, 3.05) is 99.8 Å². The number of halogens is 3. The fraction of sp³-hybridized carbons (Fsp3) is 0.480. The quantitative estimate of drug-likeness (QED) is 0.0722. The second-order valence-electron chi connectivity index (χ2n) is 19.1. The van der Waals surface area contributed by atoms with E-state index in [9.17, 15) is 14.2 Å². The number of aryl methyl sites for hydroxylation is 1. The van der Waals surface area contributed by atoms with Crippen LogP contribution in [-0.4, -0.2) is 127 Å². The Morgan fingerprint density at radius 1 is 0.870 bits per heavy atom. The fourth-order valence-corrected chi connectivity index (χ4v) is 12.3. The van der Waals surface area contributed by atoms with Crippen LogP contribution in [0.25, 0.3) is 11.0 Å². The number of nitrogens with one attached hydrogen (secondary N) is 3. The molecule has 2 amide bonds. The number of fused-ring (bicyclic) bond motifs is 1. The molecule has 2 aromatic carbocycles. The van der Waals surface area contributed by atoms with Crippen molar-refractivity contribution in [1.29, 1.82) is 0 Å². The first-order valence-corrected chi connectivity index (χ1v) is 27.5. The Morgan fingerprint density at radius 3 is 2.28 bits per heavy atom. The molecule has 1 atom stereocenters. The first-order valence-electron chi connectivity index (χ1n) is 24.1. The van der Waals surface area contributed by atoms with E-state index in [2.05, 4.69) is 80.6 Å². The van der Waals surface area contributed by atoms with Gasteiger partial charge in [-0.15, -0.1) is 0 Å². The number of nitrogens with zero attached hydrogens (tertiary/aromatic N) is 8. The van der Waals surface area contributed by atoms with Gasteiger partial charge in [-0.1, -0.05) is 6.92 Å². The number of anilines is 6. The second kappa shape index (κ2) is 21.0. The van der Waals surface area contributed by atoms with Crippen LogP contribution in [-0.2, 0) is 20.6 Å². The number of methoxy groups -OCH3 is 1. The molecule has 7 heterocycles. The summed E-state index contributed by atoms with van der Waals surface area (Å²) in [5, 5.41) is 9.56. The molecule has 5 aromatic rings. The van der Waals surface area contributed by atoms with E-state index in [1.54, 1.807) is 39.0 Å². The first kappa shape index (κ1) is 48.7. The van der Waals surface area contributed by atoms with Gasteiger partial charge in [-0.3, -0.25) is 29.8 Å². The third kappa shape index (κ3) is 10.9. The molecule has 0 aliphatic carbocycles. The number of carbonyl (C=O) groups excluding carboxylic acids is 2. The number of hydrogen-bond donors (Lipinski definition) is 3. The second-order valence-corrected chi connectivity index (χ2v) is 23.1. The van der Waals surface area contributed by atoms with Gasteiger partial charge in [-0.25, -0.2) is 13.8 Å². The number of piperazine rings is 1. The van der Waals surface area contributed by atoms with Gasteiger partial charge in [0.1, 0.15) is 35.9 Å².